The highest BCUT2D eigenvalue weighted by Crippen LogP contribution is 2.27. The van der Waals surface area contributed by atoms with Crippen molar-refractivity contribution < 1.29 is 4.79 Å². The van der Waals surface area contributed by atoms with E-state index in [2.05, 4.69) is 19.1 Å². The Morgan fingerprint density at radius 2 is 1.79 bits per heavy atom. The molecule has 0 atom stereocenters. The summed E-state index contributed by atoms with van der Waals surface area (Å²) in [4.78, 5) is 13.4. The van der Waals surface area contributed by atoms with Gasteiger partial charge in [0.25, 0.3) is 0 Å². The summed E-state index contributed by atoms with van der Waals surface area (Å²) in [6, 6.07) is 13.8. The number of nitrogens with two attached hydrogens (primary N) is 1. The van der Waals surface area contributed by atoms with Crippen LogP contribution >= 0.6 is 0 Å². The van der Waals surface area contributed by atoms with E-state index in [4.69, 9.17) is 5.73 Å². The Morgan fingerprint density at radius 3 is 2.37 bits per heavy atom. The maximum atomic E-state index is 11.4. The standard InChI is InChI=1S/C16H18N2O/c1-11-5-4-6-13(9-11)18(3)14-7-8-15(12(2)19)16(17)10-14/h4-10H,17H2,1-3H3. The van der Waals surface area contributed by atoms with Crippen molar-refractivity contribution in [3.05, 3.63) is 53.6 Å². The average molecular weight is 254 g/mol. The number of carbonyl (C=O) groups is 1. The number of Topliss-reactive ketones (excluding diaryl/α,β-unsaturated/α-hetero) is 1. The van der Waals surface area contributed by atoms with Crippen molar-refractivity contribution >= 4 is 22.8 Å². The summed E-state index contributed by atoms with van der Waals surface area (Å²) in [5.41, 5.74) is 10.3. The number of rotatable bonds is 3. The number of nitrogen functional groups attached to an aromatic ring is 1. The Labute approximate surface area is 113 Å². The van der Waals surface area contributed by atoms with Crippen LogP contribution in [0, 0.1) is 6.92 Å². The molecule has 0 amide bonds. The van der Waals surface area contributed by atoms with E-state index in [0.29, 0.717) is 11.3 Å². The Bertz CT molecular complexity index is 620. The Hall–Kier alpha value is -2.29. The van der Waals surface area contributed by atoms with Gasteiger partial charge in [-0.25, -0.2) is 0 Å². The van der Waals surface area contributed by atoms with E-state index < -0.39 is 0 Å². The van der Waals surface area contributed by atoms with Crippen LogP contribution in [0.25, 0.3) is 0 Å². The number of ketones is 1. The first-order valence-corrected chi connectivity index (χ1v) is 6.20. The van der Waals surface area contributed by atoms with Gasteiger partial charge in [0.1, 0.15) is 0 Å². The van der Waals surface area contributed by atoms with Gasteiger partial charge < -0.3 is 10.6 Å². The molecule has 0 aliphatic heterocycles. The molecule has 0 heterocycles. The first-order valence-electron chi connectivity index (χ1n) is 6.20. The number of hydrogen-bond acceptors (Lipinski definition) is 3. The molecule has 3 heteroatoms. The zero-order valence-electron chi connectivity index (χ0n) is 11.5. The molecule has 0 radical (unpaired) electrons. The van der Waals surface area contributed by atoms with Gasteiger partial charge in [-0.2, -0.15) is 0 Å². The Balaban J connectivity index is 2.37. The van der Waals surface area contributed by atoms with Crippen LogP contribution in [-0.2, 0) is 0 Å². The molecule has 2 aromatic carbocycles. The van der Waals surface area contributed by atoms with Gasteiger partial charge in [-0.15, -0.1) is 0 Å². The molecule has 0 bridgehead atoms. The van der Waals surface area contributed by atoms with Crippen LogP contribution in [0.4, 0.5) is 17.1 Å². The van der Waals surface area contributed by atoms with Gasteiger partial charge in [-0.3, -0.25) is 4.79 Å². The smallest absolute Gasteiger partial charge is 0.161 e. The molecular weight excluding hydrogens is 236 g/mol. The molecule has 0 aliphatic rings. The highest BCUT2D eigenvalue weighted by atomic mass is 16.1. The van der Waals surface area contributed by atoms with Gasteiger partial charge in [0, 0.05) is 29.7 Å². The molecule has 0 saturated heterocycles. The van der Waals surface area contributed by atoms with Crippen molar-refractivity contribution in [2.45, 2.75) is 13.8 Å². The van der Waals surface area contributed by atoms with Gasteiger partial charge in [0.2, 0.25) is 0 Å². The number of anilines is 3. The van der Waals surface area contributed by atoms with Gasteiger partial charge in [-0.1, -0.05) is 12.1 Å². The van der Waals surface area contributed by atoms with E-state index in [9.17, 15) is 4.79 Å². The molecule has 2 aromatic rings. The van der Waals surface area contributed by atoms with Crippen LogP contribution in [0.2, 0.25) is 0 Å². The average Bonchev–Trinajstić information content (AvgIpc) is 2.37. The highest BCUT2D eigenvalue weighted by Gasteiger charge is 2.09. The third kappa shape index (κ3) is 2.76. The summed E-state index contributed by atoms with van der Waals surface area (Å²) in [5.74, 6) is -0.0118. The summed E-state index contributed by atoms with van der Waals surface area (Å²) in [5, 5.41) is 0. The number of carbonyl (C=O) groups excluding carboxylic acids is 1. The zero-order valence-corrected chi connectivity index (χ0v) is 11.5. The highest BCUT2D eigenvalue weighted by molar-refractivity contribution is 5.99. The summed E-state index contributed by atoms with van der Waals surface area (Å²) < 4.78 is 0. The maximum Gasteiger partial charge on any atom is 0.161 e. The Kier molecular flexibility index (Phi) is 3.56. The predicted octanol–water partition coefficient (Wildman–Crippen LogP) is 3.55. The van der Waals surface area contributed by atoms with E-state index in [1.54, 1.807) is 6.07 Å². The van der Waals surface area contributed by atoms with Gasteiger partial charge >= 0.3 is 0 Å². The second-order valence-electron chi connectivity index (χ2n) is 4.73. The number of aryl methyl sites for hydroxylation is 1. The van der Waals surface area contributed by atoms with E-state index in [-0.39, 0.29) is 5.78 Å². The van der Waals surface area contributed by atoms with E-state index >= 15 is 0 Å². The second kappa shape index (κ2) is 5.14. The zero-order chi connectivity index (χ0) is 14.0. The van der Waals surface area contributed by atoms with Crippen molar-refractivity contribution in [2.24, 2.45) is 0 Å². The third-order valence-electron chi connectivity index (χ3n) is 3.19. The van der Waals surface area contributed by atoms with E-state index in [1.165, 1.54) is 12.5 Å². The van der Waals surface area contributed by atoms with Crippen LogP contribution in [0.1, 0.15) is 22.8 Å². The van der Waals surface area contributed by atoms with Crippen LogP contribution in [0.3, 0.4) is 0 Å². The lowest BCUT2D eigenvalue weighted by molar-refractivity contribution is 0.101. The largest absolute Gasteiger partial charge is 0.398 e. The van der Waals surface area contributed by atoms with E-state index in [1.807, 2.05) is 36.2 Å². The van der Waals surface area contributed by atoms with E-state index in [0.717, 1.165) is 11.4 Å². The summed E-state index contributed by atoms with van der Waals surface area (Å²) in [7, 11) is 1.98. The minimum absolute atomic E-state index is 0.0118. The fourth-order valence-corrected chi connectivity index (χ4v) is 2.07. The second-order valence-corrected chi connectivity index (χ2v) is 4.73. The van der Waals surface area contributed by atoms with Crippen molar-refractivity contribution in [3.8, 4) is 0 Å². The number of nitrogens with zero attached hydrogens (tertiary/aromatic N) is 1. The predicted molar refractivity (Wildman–Crippen MR) is 80.1 cm³/mol. The number of benzene rings is 2. The molecule has 2 N–H and O–H groups in total. The van der Waals surface area contributed by atoms with Crippen LogP contribution in [0.5, 0.6) is 0 Å². The molecule has 0 aliphatic carbocycles. The SMILES string of the molecule is CC(=O)c1ccc(N(C)c2cccc(C)c2)cc1N. The van der Waals surface area contributed by atoms with Crippen LogP contribution in [-0.4, -0.2) is 12.8 Å². The van der Waals surface area contributed by atoms with Crippen molar-refractivity contribution in [1.29, 1.82) is 0 Å². The van der Waals surface area contributed by atoms with Crippen molar-refractivity contribution in [2.75, 3.05) is 17.7 Å². The summed E-state index contributed by atoms with van der Waals surface area (Å²) >= 11 is 0. The monoisotopic (exact) mass is 254 g/mol. The van der Waals surface area contributed by atoms with Crippen LogP contribution < -0.4 is 10.6 Å². The first kappa shape index (κ1) is 13.1. The lowest BCUT2D eigenvalue weighted by Crippen LogP contribution is -2.11. The lowest BCUT2D eigenvalue weighted by atomic mass is 10.1. The maximum absolute atomic E-state index is 11.4. The molecule has 0 saturated carbocycles. The van der Waals surface area contributed by atoms with Gasteiger partial charge in [0.05, 0.1) is 0 Å². The van der Waals surface area contributed by atoms with Crippen molar-refractivity contribution in [1.82, 2.24) is 0 Å². The molecule has 0 fully saturated rings. The quantitative estimate of drug-likeness (QED) is 0.673. The normalized spacial score (nSPS) is 10.3. The molecule has 2 rings (SSSR count). The van der Waals surface area contributed by atoms with Crippen molar-refractivity contribution in [3.63, 3.8) is 0 Å². The Morgan fingerprint density at radius 1 is 1.11 bits per heavy atom. The summed E-state index contributed by atoms with van der Waals surface area (Å²) in [6.07, 6.45) is 0. The topological polar surface area (TPSA) is 46.3 Å². The third-order valence-corrected chi connectivity index (χ3v) is 3.19. The number of hydrogen-bond donors (Lipinski definition) is 1. The molecule has 0 unspecified atom stereocenters. The molecular formula is C16H18N2O. The van der Waals surface area contributed by atoms with Crippen LogP contribution in [0.15, 0.2) is 42.5 Å². The molecule has 19 heavy (non-hydrogen) atoms. The minimum Gasteiger partial charge on any atom is -0.398 e. The first-order chi connectivity index (χ1) is 8.99. The molecule has 0 aromatic heterocycles. The summed E-state index contributed by atoms with van der Waals surface area (Å²) in [6.45, 7) is 3.58. The fraction of sp³-hybridized carbons (Fsp3) is 0.188. The van der Waals surface area contributed by atoms with Gasteiger partial charge in [-0.05, 0) is 49.7 Å². The molecule has 0 spiro atoms. The molecule has 3 nitrogen and oxygen atoms in total. The minimum atomic E-state index is -0.0118. The lowest BCUT2D eigenvalue weighted by Gasteiger charge is -2.21. The fourth-order valence-electron chi connectivity index (χ4n) is 2.07. The molecule has 98 valence electrons. The van der Waals surface area contributed by atoms with Gasteiger partial charge in [0.15, 0.2) is 5.78 Å².